The normalized spacial score (nSPS) is 20.1. The number of anilines is 1. The molecule has 0 bridgehead atoms. The fourth-order valence-electron chi connectivity index (χ4n) is 4.36. The number of carbonyl (C=O) groups is 1. The van der Waals surface area contributed by atoms with Gasteiger partial charge >= 0.3 is 0 Å². The molecule has 28 heavy (non-hydrogen) atoms. The number of hydrogen-bond acceptors (Lipinski definition) is 6. The molecule has 3 aromatic rings. The summed E-state index contributed by atoms with van der Waals surface area (Å²) >= 11 is 0. The number of piperidine rings is 1. The van der Waals surface area contributed by atoms with Crippen molar-refractivity contribution in [2.75, 3.05) is 18.5 Å². The number of aldehydes is 1. The predicted molar refractivity (Wildman–Crippen MR) is 109 cm³/mol. The molecule has 6 heteroatoms. The topological polar surface area (TPSA) is 70.2 Å². The molecule has 1 saturated heterocycles. The van der Waals surface area contributed by atoms with Gasteiger partial charge in [0.15, 0.2) is 5.82 Å². The van der Waals surface area contributed by atoms with E-state index in [1.54, 1.807) is 0 Å². The maximum absolute atomic E-state index is 11.3. The zero-order valence-electron chi connectivity index (χ0n) is 15.6. The summed E-state index contributed by atoms with van der Waals surface area (Å²) in [7, 11) is 0. The molecule has 0 amide bonds. The summed E-state index contributed by atoms with van der Waals surface area (Å²) in [5.41, 5.74) is 9.36. The second-order valence-electron chi connectivity index (χ2n) is 7.57. The maximum Gasteiger partial charge on any atom is 0.152 e. The standard InChI is InChI=1S/C22H23N5O/c28-14-19-17-7-4-8-18-21(17)22(26-25-19)24-20(23-18)13-27-11-9-16(10-12-27)15-5-2-1-3-6-15/h1-8,14,16,19,25H,9-13H2,(H,23,24,26). The molecular formula is C22H23N5O. The summed E-state index contributed by atoms with van der Waals surface area (Å²) in [5.74, 6) is 2.22. The number of hydrazine groups is 1. The molecule has 1 fully saturated rings. The molecule has 0 aliphatic carbocycles. The van der Waals surface area contributed by atoms with Crippen molar-refractivity contribution >= 4 is 23.0 Å². The first-order valence-corrected chi connectivity index (χ1v) is 9.85. The highest BCUT2D eigenvalue weighted by Crippen LogP contribution is 2.32. The van der Waals surface area contributed by atoms with Crippen molar-refractivity contribution in [3.63, 3.8) is 0 Å². The van der Waals surface area contributed by atoms with Crippen molar-refractivity contribution in [2.45, 2.75) is 31.3 Å². The molecule has 2 aliphatic heterocycles. The lowest BCUT2D eigenvalue weighted by atomic mass is 9.89. The Kier molecular flexibility index (Phi) is 4.50. The van der Waals surface area contributed by atoms with Crippen LogP contribution in [0.15, 0.2) is 48.5 Å². The third-order valence-corrected chi connectivity index (χ3v) is 5.84. The van der Waals surface area contributed by atoms with Crippen molar-refractivity contribution in [1.29, 1.82) is 0 Å². The SMILES string of the molecule is O=CC1NNc2nc(CN3CCC(c4ccccc4)CC3)nc3cccc1c23. The van der Waals surface area contributed by atoms with Crippen LogP contribution in [0.2, 0.25) is 0 Å². The van der Waals surface area contributed by atoms with Crippen molar-refractivity contribution in [3.8, 4) is 0 Å². The number of hydrogen-bond donors (Lipinski definition) is 2. The quantitative estimate of drug-likeness (QED) is 0.685. The van der Waals surface area contributed by atoms with Crippen LogP contribution in [0.4, 0.5) is 5.82 Å². The summed E-state index contributed by atoms with van der Waals surface area (Å²) in [6.07, 6.45) is 3.22. The van der Waals surface area contributed by atoms with E-state index in [9.17, 15) is 4.79 Å². The molecule has 1 unspecified atom stereocenters. The molecule has 1 atom stereocenters. The van der Waals surface area contributed by atoms with Crippen molar-refractivity contribution in [1.82, 2.24) is 20.3 Å². The van der Waals surface area contributed by atoms with Gasteiger partial charge in [-0.2, -0.15) is 0 Å². The van der Waals surface area contributed by atoms with Crippen LogP contribution < -0.4 is 10.9 Å². The fourth-order valence-corrected chi connectivity index (χ4v) is 4.36. The minimum absolute atomic E-state index is 0.373. The molecule has 142 valence electrons. The number of carbonyl (C=O) groups excluding carboxylic acids is 1. The summed E-state index contributed by atoms with van der Waals surface area (Å²) in [6.45, 7) is 2.85. The van der Waals surface area contributed by atoms with Crippen LogP contribution in [0.25, 0.3) is 10.9 Å². The predicted octanol–water partition coefficient (Wildman–Crippen LogP) is 3.18. The van der Waals surface area contributed by atoms with Gasteiger partial charge in [-0.25, -0.2) is 15.4 Å². The number of benzene rings is 2. The van der Waals surface area contributed by atoms with Gasteiger partial charge in [0.2, 0.25) is 0 Å². The smallest absolute Gasteiger partial charge is 0.152 e. The van der Waals surface area contributed by atoms with E-state index < -0.39 is 0 Å². The van der Waals surface area contributed by atoms with Crippen molar-refractivity contribution < 1.29 is 4.79 Å². The third-order valence-electron chi connectivity index (χ3n) is 5.84. The van der Waals surface area contributed by atoms with E-state index in [1.807, 2.05) is 18.2 Å². The molecular weight excluding hydrogens is 350 g/mol. The van der Waals surface area contributed by atoms with Crippen LogP contribution in [0.5, 0.6) is 0 Å². The van der Waals surface area contributed by atoms with Gasteiger partial charge in [-0.15, -0.1) is 0 Å². The number of nitrogens with one attached hydrogen (secondary N) is 2. The minimum atomic E-state index is -0.373. The zero-order valence-corrected chi connectivity index (χ0v) is 15.6. The lowest BCUT2D eigenvalue weighted by Gasteiger charge is -2.32. The van der Waals surface area contributed by atoms with Crippen molar-refractivity contribution in [3.05, 3.63) is 65.5 Å². The number of aromatic nitrogens is 2. The molecule has 2 aliphatic rings. The van der Waals surface area contributed by atoms with Crippen molar-refractivity contribution in [2.24, 2.45) is 0 Å². The Morgan fingerprint density at radius 3 is 2.64 bits per heavy atom. The Hall–Kier alpha value is -2.83. The molecule has 0 saturated carbocycles. The molecule has 0 radical (unpaired) electrons. The van der Waals surface area contributed by atoms with Crippen LogP contribution >= 0.6 is 0 Å². The largest absolute Gasteiger partial charge is 0.304 e. The Morgan fingerprint density at radius 1 is 1.04 bits per heavy atom. The van der Waals surface area contributed by atoms with Gasteiger partial charge in [-0.3, -0.25) is 4.90 Å². The average molecular weight is 373 g/mol. The van der Waals surface area contributed by atoms with Gasteiger partial charge in [0.25, 0.3) is 0 Å². The van der Waals surface area contributed by atoms with E-state index in [4.69, 9.17) is 9.97 Å². The van der Waals surface area contributed by atoms with Gasteiger partial charge in [-0.1, -0.05) is 42.5 Å². The van der Waals surface area contributed by atoms with Gasteiger partial charge in [0.1, 0.15) is 18.2 Å². The Morgan fingerprint density at radius 2 is 1.86 bits per heavy atom. The van der Waals surface area contributed by atoms with E-state index in [1.165, 1.54) is 5.56 Å². The highest BCUT2D eigenvalue weighted by Gasteiger charge is 2.24. The Bertz CT molecular complexity index is 998. The number of nitrogens with zero attached hydrogens (tertiary/aromatic N) is 3. The Labute approximate surface area is 164 Å². The fraction of sp³-hybridized carbons (Fsp3) is 0.318. The zero-order chi connectivity index (χ0) is 18.9. The van der Waals surface area contributed by atoms with Crippen LogP contribution in [0.3, 0.4) is 0 Å². The van der Waals surface area contributed by atoms with Crippen LogP contribution in [-0.2, 0) is 11.3 Å². The summed E-state index contributed by atoms with van der Waals surface area (Å²) in [6, 6.07) is 16.3. The second-order valence-corrected chi connectivity index (χ2v) is 7.57. The highest BCUT2D eigenvalue weighted by atomic mass is 16.1. The summed E-state index contributed by atoms with van der Waals surface area (Å²) in [4.78, 5) is 23.3. The van der Waals surface area contributed by atoms with E-state index in [0.717, 1.165) is 66.9 Å². The lowest BCUT2D eigenvalue weighted by Crippen LogP contribution is -2.35. The highest BCUT2D eigenvalue weighted by molar-refractivity contribution is 5.95. The van der Waals surface area contributed by atoms with Gasteiger partial charge in [0.05, 0.1) is 12.1 Å². The first kappa shape index (κ1) is 17.3. The molecule has 0 spiro atoms. The molecule has 1 aromatic heterocycles. The maximum atomic E-state index is 11.3. The minimum Gasteiger partial charge on any atom is -0.304 e. The van der Waals surface area contributed by atoms with Gasteiger partial charge < -0.3 is 10.2 Å². The van der Waals surface area contributed by atoms with E-state index in [0.29, 0.717) is 5.92 Å². The van der Waals surface area contributed by atoms with Crippen LogP contribution in [0, 0.1) is 0 Å². The molecule has 2 N–H and O–H groups in total. The first-order valence-electron chi connectivity index (χ1n) is 9.85. The van der Waals surface area contributed by atoms with E-state index in [2.05, 4.69) is 46.1 Å². The second kappa shape index (κ2) is 7.30. The third kappa shape index (κ3) is 3.15. The monoisotopic (exact) mass is 373 g/mol. The van der Waals surface area contributed by atoms with E-state index >= 15 is 0 Å². The average Bonchev–Trinajstić information content (AvgIpc) is 2.75. The summed E-state index contributed by atoms with van der Waals surface area (Å²) < 4.78 is 0. The lowest BCUT2D eigenvalue weighted by molar-refractivity contribution is -0.109. The molecule has 5 rings (SSSR count). The first-order chi connectivity index (χ1) is 13.8. The number of likely N-dealkylation sites (tertiary alicyclic amines) is 1. The molecule has 3 heterocycles. The van der Waals surface area contributed by atoms with Gasteiger partial charge in [-0.05, 0) is 49.0 Å². The summed E-state index contributed by atoms with van der Waals surface area (Å²) in [5, 5.41) is 0.935. The number of rotatable bonds is 4. The van der Waals surface area contributed by atoms with Crippen LogP contribution in [0.1, 0.15) is 41.8 Å². The van der Waals surface area contributed by atoms with E-state index in [-0.39, 0.29) is 6.04 Å². The van der Waals surface area contributed by atoms with Crippen LogP contribution in [-0.4, -0.2) is 34.2 Å². The molecule has 2 aromatic carbocycles. The molecule has 6 nitrogen and oxygen atoms in total. The van der Waals surface area contributed by atoms with Gasteiger partial charge in [0, 0.05) is 5.39 Å². The Balaban J connectivity index is 1.34.